The van der Waals surface area contributed by atoms with Gasteiger partial charge < -0.3 is 15.4 Å². The fraction of sp³-hybridized carbons (Fsp3) is 0.278. The molecule has 0 aliphatic carbocycles. The molecule has 11 heteroatoms. The van der Waals surface area contributed by atoms with Crippen molar-refractivity contribution in [3.8, 4) is 5.75 Å². The number of hydrogen-bond donors (Lipinski definition) is 2. The first-order chi connectivity index (χ1) is 13.4. The van der Waals surface area contributed by atoms with Crippen molar-refractivity contribution in [2.24, 2.45) is 4.99 Å². The van der Waals surface area contributed by atoms with Gasteiger partial charge in [0.15, 0.2) is 17.4 Å². The summed E-state index contributed by atoms with van der Waals surface area (Å²) in [4.78, 5) is 4.04. The Hall–Kier alpha value is -2.57. The Kier molecular flexibility index (Phi) is 7.65. The average molecular weight is 520 g/mol. The normalized spacial score (nSPS) is 11.8. The highest BCUT2D eigenvalue weighted by atomic mass is 127. The SMILES string of the molecule is CN=C(NCc1ccc(OC)cc1C(F)(F)F)NCc1nnc2ccccn12.I. The number of guanidine groups is 1. The maximum absolute atomic E-state index is 13.3. The topological polar surface area (TPSA) is 75.8 Å². The first-order valence-corrected chi connectivity index (χ1v) is 8.39. The van der Waals surface area contributed by atoms with E-state index in [1.807, 2.05) is 28.8 Å². The summed E-state index contributed by atoms with van der Waals surface area (Å²) in [6, 6.07) is 9.39. The lowest BCUT2D eigenvalue weighted by atomic mass is 10.1. The molecule has 7 nitrogen and oxygen atoms in total. The van der Waals surface area contributed by atoms with Crippen LogP contribution in [0, 0.1) is 0 Å². The number of alkyl halides is 3. The molecule has 3 rings (SSSR count). The number of ether oxygens (including phenoxy) is 1. The standard InChI is InChI=1S/C18H19F3N6O.HI/c1-22-17(24-11-16-26-25-15-5-3-4-8-27(15)16)23-10-12-6-7-13(28-2)9-14(12)18(19,20)21;/h3-9H,10-11H2,1-2H3,(H2,22,23,24);1H. The molecule has 0 radical (unpaired) electrons. The lowest BCUT2D eigenvalue weighted by Gasteiger charge is -2.16. The molecular weight excluding hydrogens is 500 g/mol. The largest absolute Gasteiger partial charge is 0.497 e. The minimum absolute atomic E-state index is 0. The van der Waals surface area contributed by atoms with E-state index in [1.54, 1.807) is 0 Å². The maximum atomic E-state index is 13.3. The van der Waals surface area contributed by atoms with Crippen LogP contribution in [0.25, 0.3) is 5.65 Å². The van der Waals surface area contributed by atoms with E-state index in [-0.39, 0.29) is 41.8 Å². The summed E-state index contributed by atoms with van der Waals surface area (Å²) in [5.74, 6) is 1.15. The summed E-state index contributed by atoms with van der Waals surface area (Å²) in [6.45, 7) is 0.249. The van der Waals surface area contributed by atoms with Gasteiger partial charge in [0, 0.05) is 19.8 Å². The molecule has 0 atom stereocenters. The second-order valence-corrected chi connectivity index (χ2v) is 5.85. The van der Waals surface area contributed by atoms with Gasteiger partial charge in [0.2, 0.25) is 0 Å². The van der Waals surface area contributed by atoms with Crippen LogP contribution in [0.15, 0.2) is 47.6 Å². The molecule has 2 aromatic heterocycles. The lowest BCUT2D eigenvalue weighted by Crippen LogP contribution is -2.37. The van der Waals surface area contributed by atoms with Crippen molar-refractivity contribution in [3.05, 3.63) is 59.5 Å². The van der Waals surface area contributed by atoms with E-state index in [0.29, 0.717) is 24.0 Å². The number of nitrogens with zero attached hydrogens (tertiary/aromatic N) is 4. The number of methoxy groups -OCH3 is 1. The van der Waals surface area contributed by atoms with Crippen LogP contribution in [-0.4, -0.2) is 34.7 Å². The molecule has 0 aliphatic heterocycles. The highest BCUT2D eigenvalue weighted by molar-refractivity contribution is 14.0. The quantitative estimate of drug-likeness (QED) is 0.307. The van der Waals surface area contributed by atoms with Crippen molar-refractivity contribution in [3.63, 3.8) is 0 Å². The average Bonchev–Trinajstić information content (AvgIpc) is 3.10. The molecule has 0 bridgehead atoms. The van der Waals surface area contributed by atoms with Crippen LogP contribution in [0.3, 0.4) is 0 Å². The number of rotatable bonds is 5. The summed E-state index contributed by atoms with van der Waals surface area (Å²) < 4.78 is 46.6. The monoisotopic (exact) mass is 520 g/mol. The van der Waals surface area contributed by atoms with Gasteiger partial charge in [-0.25, -0.2) is 0 Å². The molecule has 156 valence electrons. The van der Waals surface area contributed by atoms with Crippen LogP contribution in [0.1, 0.15) is 17.0 Å². The number of pyridine rings is 1. The third-order valence-corrected chi connectivity index (χ3v) is 4.09. The number of aliphatic imine (C=N–C) groups is 1. The second-order valence-electron chi connectivity index (χ2n) is 5.85. The summed E-state index contributed by atoms with van der Waals surface area (Å²) in [7, 11) is 2.86. The van der Waals surface area contributed by atoms with Gasteiger partial charge in [0.1, 0.15) is 5.75 Å². The molecule has 0 saturated carbocycles. The molecule has 2 heterocycles. The number of benzene rings is 1. The van der Waals surface area contributed by atoms with Crippen molar-refractivity contribution in [1.29, 1.82) is 0 Å². The zero-order valence-electron chi connectivity index (χ0n) is 15.7. The Morgan fingerprint density at radius 1 is 1.14 bits per heavy atom. The van der Waals surface area contributed by atoms with Crippen molar-refractivity contribution in [2.75, 3.05) is 14.2 Å². The van der Waals surface area contributed by atoms with Crippen LogP contribution in [0.4, 0.5) is 13.2 Å². The number of fused-ring (bicyclic) bond motifs is 1. The Morgan fingerprint density at radius 3 is 2.59 bits per heavy atom. The minimum atomic E-state index is -4.48. The highest BCUT2D eigenvalue weighted by Crippen LogP contribution is 2.34. The maximum Gasteiger partial charge on any atom is 0.416 e. The van der Waals surface area contributed by atoms with Gasteiger partial charge in [0.05, 0.1) is 19.2 Å². The second kappa shape index (κ2) is 9.76. The van der Waals surface area contributed by atoms with E-state index in [2.05, 4.69) is 25.8 Å². The van der Waals surface area contributed by atoms with E-state index < -0.39 is 11.7 Å². The molecule has 29 heavy (non-hydrogen) atoms. The van der Waals surface area contributed by atoms with E-state index in [9.17, 15) is 13.2 Å². The number of aromatic nitrogens is 3. The van der Waals surface area contributed by atoms with Gasteiger partial charge in [-0.05, 0) is 29.8 Å². The van der Waals surface area contributed by atoms with Gasteiger partial charge in [-0.1, -0.05) is 12.1 Å². The van der Waals surface area contributed by atoms with Gasteiger partial charge >= 0.3 is 6.18 Å². The zero-order valence-corrected chi connectivity index (χ0v) is 18.0. The van der Waals surface area contributed by atoms with Crippen molar-refractivity contribution in [1.82, 2.24) is 25.2 Å². The predicted octanol–water partition coefficient (Wildman–Crippen LogP) is 3.24. The van der Waals surface area contributed by atoms with Gasteiger partial charge in [0.25, 0.3) is 0 Å². The van der Waals surface area contributed by atoms with E-state index in [1.165, 1.54) is 26.3 Å². The first kappa shape index (κ1) is 22.7. The summed E-state index contributed by atoms with van der Waals surface area (Å²) >= 11 is 0. The molecule has 2 N–H and O–H groups in total. The van der Waals surface area contributed by atoms with Crippen molar-refractivity contribution < 1.29 is 17.9 Å². The number of halogens is 4. The van der Waals surface area contributed by atoms with Gasteiger partial charge in [-0.15, -0.1) is 34.2 Å². The molecule has 1 aromatic carbocycles. The Bertz CT molecular complexity index is 989. The van der Waals surface area contributed by atoms with Crippen molar-refractivity contribution >= 4 is 35.6 Å². The predicted molar refractivity (Wildman–Crippen MR) is 113 cm³/mol. The Labute approximate surface area is 182 Å². The molecule has 0 spiro atoms. The summed E-state index contributed by atoms with van der Waals surface area (Å²) in [5.41, 5.74) is 0.0396. The summed E-state index contributed by atoms with van der Waals surface area (Å²) in [5, 5.41) is 14.0. The first-order valence-electron chi connectivity index (χ1n) is 8.39. The fourth-order valence-corrected chi connectivity index (χ4v) is 2.67. The van der Waals surface area contributed by atoms with Crippen molar-refractivity contribution in [2.45, 2.75) is 19.3 Å². The summed E-state index contributed by atoms with van der Waals surface area (Å²) in [6.07, 6.45) is -2.65. The van der Waals surface area contributed by atoms with Crippen LogP contribution >= 0.6 is 24.0 Å². The molecule has 0 fully saturated rings. The molecule has 0 saturated heterocycles. The molecule has 0 aliphatic rings. The molecule has 0 amide bonds. The zero-order chi connectivity index (χ0) is 20.1. The third-order valence-electron chi connectivity index (χ3n) is 4.09. The molecule has 0 unspecified atom stereocenters. The van der Waals surface area contributed by atoms with Gasteiger partial charge in [-0.3, -0.25) is 9.39 Å². The molecular formula is C18H20F3IN6O. The lowest BCUT2D eigenvalue weighted by molar-refractivity contribution is -0.138. The highest BCUT2D eigenvalue weighted by Gasteiger charge is 2.33. The van der Waals surface area contributed by atoms with Gasteiger partial charge in [-0.2, -0.15) is 13.2 Å². The van der Waals surface area contributed by atoms with Crippen LogP contribution in [0.2, 0.25) is 0 Å². The van der Waals surface area contributed by atoms with Crippen LogP contribution < -0.4 is 15.4 Å². The van der Waals surface area contributed by atoms with E-state index >= 15 is 0 Å². The van der Waals surface area contributed by atoms with E-state index in [0.717, 1.165) is 6.07 Å². The van der Waals surface area contributed by atoms with Crippen LogP contribution in [-0.2, 0) is 19.3 Å². The number of nitrogens with one attached hydrogen (secondary N) is 2. The molecule has 3 aromatic rings. The fourth-order valence-electron chi connectivity index (χ4n) is 2.67. The Balaban J connectivity index is 0.00000300. The number of hydrogen-bond acceptors (Lipinski definition) is 4. The van der Waals surface area contributed by atoms with Crippen LogP contribution in [0.5, 0.6) is 5.75 Å². The Morgan fingerprint density at radius 2 is 1.90 bits per heavy atom. The smallest absolute Gasteiger partial charge is 0.416 e. The third kappa shape index (κ3) is 5.49. The van der Waals surface area contributed by atoms with E-state index in [4.69, 9.17) is 4.74 Å². The minimum Gasteiger partial charge on any atom is -0.497 e.